The highest BCUT2D eigenvalue weighted by Crippen LogP contribution is 2.23. The van der Waals surface area contributed by atoms with E-state index in [2.05, 4.69) is 6.26 Å². The summed E-state index contributed by atoms with van der Waals surface area (Å²) in [5.41, 5.74) is 0. The van der Waals surface area contributed by atoms with E-state index in [4.69, 9.17) is 16.0 Å². The third-order valence-electron chi connectivity index (χ3n) is 2.55. The van der Waals surface area contributed by atoms with Gasteiger partial charge in [0.05, 0.1) is 0 Å². The molecule has 3 nitrogen and oxygen atoms in total. The molecule has 5 heteroatoms. The molecular weight excluding hydrogens is 234 g/mol. The number of nitrogens with zero attached hydrogens (tertiary/aromatic N) is 1. The Kier molecular flexibility index (Phi) is 3.26. The number of carbonyl (C=O) groups is 1. The minimum atomic E-state index is -0.0570. The first-order valence-electron chi connectivity index (χ1n) is 4.78. The van der Waals surface area contributed by atoms with Crippen molar-refractivity contribution in [3.8, 4) is 0 Å². The second kappa shape index (κ2) is 4.49. The minimum Gasteiger partial charge on any atom is -0.440 e. The summed E-state index contributed by atoms with van der Waals surface area (Å²) in [4.78, 5) is 13.7. The van der Waals surface area contributed by atoms with E-state index in [1.807, 2.05) is 4.90 Å². The van der Waals surface area contributed by atoms with E-state index in [0.29, 0.717) is 11.0 Å². The Morgan fingerprint density at radius 1 is 1.67 bits per heavy atom. The summed E-state index contributed by atoms with van der Waals surface area (Å²) in [5, 5.41) is 0.818. The van der Waals surface area contributed by atoms with Crippen LogP contribution in [0.4, 0.5) is 0 Å². The minimum absolute atomic E-state index is 0.0570. The first-order chi connectivity index (χ1) is 7.20. The lowest BCUT2D eigenvalue weighted by atomic mass is 10.4. The molecular formula is C10H12ClNO2S. The van der Waals surface area contributed by atoms with Crippen molar-refractivity contribution in [2.24, 2.45) is 0 Å². The lowest BCUT2D eigenvalue weighted by Gasteiger charge is -2.13. The van der Waals surface area contributed by atoms with Crippen LogP contribution in [0.15, 0.2) is 16.5 Å². The maximum atomic E-state index is 11.9. The number of thioether (sulfide) groups is 1. The number of hydrogen-bond donors (Lipinski definition) is 0. The molecule has 1 aliphatic heterocycles. The van der Waals surface area contributed by atoms with E-state index >= 15 is 0 Å². The summed E-state index contributed by atoms with van der Waals surface area (Å²) in [6.07, 6.45) is 3.13. The van der Waals surface area contributed by atoms with Crippen LogP contribution >= 0.6 is 23.4 Å². The van der Waals surface area contributed by atoms with Gasteiger partial charge in [0.25, 0.3) is 5.91 Å². The third kappa shape index (κ3) is 2.32. The molecule has 1 atom stereocenters. The predicted octanol–water partition coefficient (Wildman–Crippen LogP) is 2.51. The van der Waals surface area contributed by atoms with Gasteiger partial charge >= 0.3 is 0 Å². The van der Waals surface area contributed by atoms with Gasteiger partial charge in [-0.15, -0.1) is 0 Å². The van der Waals surface area contributed by atoms with Gasteiger partial charge in [0.2, 0.25) is 0 Å². The van der Waals surface area contributed by atoms with Crippen molar-refractivity contribution in [2.45, 2.75) is 11.7 Å². The summed E-state index contributed by atoms with van der Waals surface area (Å²) in [6, 6.07) is 3.22. The topological polar surface area (TPSA) is 33.5 Å². The Hall–Kier alpha value is -0.610. The molecule has 2 rings (SSSR count). The fourth-order valence-electron chi connectivity index (χ4n) is 1.69. The van der Waals surface area contributed by atoms with Crippen molar-refractivity contribution in [2.75, 3.05) is 19.3 Å². The molecule has 1 saturated heterocycles. The molecule has 1 amide bonds. The number of rotatable bonds is 2. The Bertz CT molecular complexity index is 366. The molecule has 0 radical (unpaired) electrons. The molecule has 2 heterocycles. The maximum Gasteiger partial charge on any atom is 0.289 e. The molecule has 0 aromatic carbocycles. The zero-order valence-electron chi connectivity index (χ0n) is 8.40. The van der Waals surface area contributed by atoms with Crippen LogP contribution in [0.1, 0.15) is 17.0 Å². The first-order valence-corrected chi connectivity index (χ1v) is 6.44. The van der Waals surface area contributed by atoms with Crippen LogP contribution in [0.3, 0.4) is 0 Å². The van der Waals surface area contributed by atoms with Crippen LogP contribution in [0, 0.1) is 0 Å². The van der Waals surface area contributed by atoms with Crippen molar-refractivity contribution in [1.29, 1.82) is 0 Å². The van der Waals surface area contributed by atoms with Crippen LogP contribution < -0.4 is 0 Å². The maximum absolute atomic E-state index is 11.9. The molecule has 1 aromatic heterocycles. The first kappa shape index (κ1) is 10.9. The van der Waals surface area contributed by atoms with E-state index in [9.17, 15) is 4.79 Å². The molecule has 0 saturated carbocycles. The summed E-state index contributed by atoms with van der Waals surface area (Å²) in [5.74, 6) is 0.278. The fourth-order valence-corrected chi connectivity index (χ4v) is 2.51. The van der Waals surface area contributed by atoms with E-state index in [1.165, 1.54) is 0 Å². The molecule has 82 valence electrons. The van der Waals surface area contributed by atoms with Gasteiger partial charge in [0.15, 0.2) is 11.0 Å². The summed E-state index contributed by atoms with van der Waals surface area (Å²) < 4.78 is 5.09. The molecule has 15 heavy (non-hydrogen) atoms. The van der Waals surface area contributed by atoms with Gasteiger partial charge in [-0.3, -0.25) is 4.79 Å². The van der Waals surface area contributed by atoms with Crippen LogP contribution in [0.25, 0.3) is 0 Å². The number of carbonyl (C=O) groups excluding carboxylic acids is 1. The molecule has 0 spiro atoms. The molecule has 0 N–H and O–H groups in total. The molecule has 1 aliphatic rings. The van der Waals surface area contributed by atoms with Crippen molar-refractivity contribution < 1.29 is 9.21 Å². The monoisotopic (exact) mass is 245 g/mol. The molecule has 0 unspecified atom stereocenters. The standard InChI is InChI=1S/C10H12ClNO2S/c1-15-7-4-5-12(6-7)10(13)8-2-3-9(11)14-8/h2-3,7H,4-6H2,1H3/t7-/m0/s1. The summed E-state index contributed by atoms with van der Waals surface area (Å²) >= 11 is 7.43. The number of hydrogen-bond acceptors (Lipinski definition) is 3. The SMILES string of the molecule is CS[C@H]1CCN(C(=O)c2ccc(Cl)o2)C1. The van der Waals surface area contributed by atoms with Gasteiger partial charge in [0.1, 0.15) is 0 Å². The van der Waals surface area contributed by atoms with Gasteiger partial charge in [-0.2, -0.15) is 11.8 Å². The average Bonchev–Trinajstić information content (AvgIpc) is 2.84. The molecule has 1 fully saturated rings. The number of likely N-dealkylation sites (tertiary alicyclic amines) is 1. The number of furan rings is 1. The average molecular weight is 246 g/mol. The zero-order chi connectivity index (χ0) is 10.8. The van der Waals surface area contributed by atoms with Gasteiger partial charge in [0, 0.05) is 18.3 Å². The highest BCUT2D eigenvalue weighted by atomic mass is 35.5. The normalized spacial score (nSPS) is 20.9. The van der Waals surface area contributed by atoms with Crippen molar-refractivity contribution in [3.05, 3.63) is 23.1 Å². The van der Waals surface area contributed by atoms with Gasteiger partial charge in [-0.1, -0.05) is 0 Å². The smallest absolute Gasteiger partial charge is 0.289 e. The van der Waals surface area contributed by atoms with Gasteiger partial charge in [-0.25, -0.2) is 0 Å². The Labute approximate surface area is 97.8 Å². The number of halogens is 1. The van der Waals surface area contributed by atoms with Crippen molar-refractivity contribution >= 4 is 29.3 Å². The fraction of sp³-hybridized carbons (Fsp3) is 0.500. The lowest BCUT2D eigenvalue weighted by molar-refractivity contribution is 0.0762. The molecule has 0 aliphatic carbocycles. The Morgan fingerprint density at radius 3 is 3.00 bits per heavy atom. The Balaban J connectivity index is 2.03. The van der Waals surface area contributed by atoms with E-state index in [-0.39, 0.29) is 11.1 Å². The second-order valence-corrected chi connectivity index (χ2v) is 5.01. The van der Waals surface area contributed by atoms with Crippen LogP contribution in [-0.4, -0.2) is 35.4 Å². The summed E-state index contributed by atoms with van der Waals surface area (Å²) in [7, 11) is 0. The number of amides is 1. The van der Waals surface area contributed by atoms with E-state index < -0.39 is 0 Å². The van der Waals surface area contributed by atoms with Crippen LogP contribution in [0.2, 0.25) is 5.22 Å². The summed E-state index contributed by atoms with van der Waals surface area (Å²) in [6.45, 7) is 1.61. The molecule has 0 bridgehead atoms. The predicted molar refractivity (Wildman–Crippen MR) is 61.5 cm³/mol. The molecule has 1 aromatic rings. The van der Waals surface area contributed by atoms with Crippen LogP contribution in [0.5, 0.6) is 0 Å². The van der Waals surface area contributed by atoms with Gasteiger partial charge in [-0.05, 0) is 36.4 Å². The van der Waals surface area contributed by atoms with E-state index in [1.54, 1.807) is 23.9 Å². The Morgan fingerprint density at radius 2 is 2.47 bits per heavy atom. The van der Waals surface area contributed by atoms with Crippen molar-refractivity contribution in [1.82, 2.24) is 4.90 Å². The van der Waals surface area contributed by atoms with Crippen molar-refractivity contribution in [3.63, 3.8) is 0 Å². The van der Waals surface area contributed by atoms with Gasteiger partial charge < -0.3 is 9.32 Å². The lowest BCUT2D eigenvalue weighted by Crippen LogP contribution is -2.28. The second-order valence-electron chi connectivity index (χ2n) is 3.50. The third-order valence-corrected chi connectivity index (χ3v) is 3.80. The van der Waals surface area contributed by atoms with Crippen LogP contribution in [-0.2, 0) is 0 Å². The largest absolute Gasteiger partial charge is 0.440 e. The zero-order valence-corrected chi connectivity index (χ0v) is 9.98. The highest BCUT2D eigenvalue weighted by Gasteiger charge is 2.27. The quantitative estimate of drug-likeness (QED) is 0.803. The van der Waals surface area contributed by atoms with E-state index in [0.717, 1.165) is 19.5 Å². The highest BCUT2D eigenvalue weighted by molar-refractivity contribution is 7.99.